The van der Waals surface area contributed by atoms with Crippen LogP contribution in [-0.4, -0.2) is 35.9 Å². The predicted molar refractivity (Wildman–Crippen MR) is 60.3 cm³/mol. The Bertz CT molecular complexity index is 277. The summed E-state index contributed by atoms with van der Waals surface area (Å²) in [7, 11) is 0. The molecule has 5 nitrogen and oxygen atoms in total. The first-order valence-corrected chi connectivity index (χ1v) is 4.96. The van der Waals surface area contributed by atoms with E-state index in [1.165, 1.54) is 19.2 Å². The number of carbonyl (C=O) groups is 1. The molecule has 0 unspecified atom stereocenters. The fraction of sp³-hybridized carbons (Fsp3) is 0.600. The van der Waals surface area contributed by atoms with Crippen molar-refractivity contribution in [3.63, 3.8) is 0 Å². The van der Waals surface area contributed by atoms with E-state index in [-0.39, 0.29) is 12.8 Å². The molecule has 0 aromatic carbocycles. The number of nitrogens with one attached hydrogen (secondary N) is 2. The van der Waals surface area contributed by atoms with E-state index < -0.39 is 17.3 Å². The van der Waals surface area contributed by atoms with Gasteiger partial charge in [-0.25, -0.2) is 4.39 Å². The third-order valence-electron chi connectivity index (χ3n) is 2.09. The van der Waals surface area contributed by atoms with Gasteiger partial charge >= 0.3 is 5.97 Å². The third kappa shape index (κ3) is 6.26. The Morgan fingerprint density at radius 3 is 2.75 bits per heavy atom. The van der Waals surface area contributed by atoms with E-state index in [1.54, 1.807) is 0 Å². The number of rotatable bonds is 8. The lowest BCUT2D eigenvalue weighted by Crippen LogP contribution is -2.44. The minimum Gasteiger partial charge on any atom is -0.480 e. The topological polar surface area (TPSA) is 99.2 Å². The summed E-state index contributed by atoms with van der Waals surface area (Å²) in [5.74, 6) is -1.53. The Balaban J connectivity index is 3.92. The Morgan fingerprint density at radius 1 is 1.62 bits per heavy atom. The molecule has 0 bridgehead atoms. The molecule has 5 N–H and O–H groups in total. The second-order valence-electron chi connectivity index (χ2n) is 3.74. The summed E-state index contributed by atoms with van der Waals surface area (Å²) in [6.07, 6.45) is 2.55. The van der Waals surface area contributed by atoms with Crippen molar-refractivity contribution < 1.29 is 14.3 Å². The van der Waals surface area contributed by atoms with Crippen LogP contribution < -0.4 is 11.1 Å². The van der Waals surface area contributed by atoms with Crippen molar-refractivity contribution in [3.8, 4) is 0 Å². The first-order valence-electron chi connectivity index (χ1n) is 4.96. The number of halogens is 1. The zero-order chi connectivity index (χ0) is 12.6. The SMILES string of the molecule is C[C@@](N)(CC/C(F)=C\CNCC=N)C(=O)O. The molecule has 0 aliphatic rings. The molecule has 0 aliphatic heterocycles. The molecule has 16 heavy (non-hydrogen) atoms. The normalized spacial score (nSPS) is 15.6. The molecule has 1 atom stereocenters. The number of carboxylic acid groups (broad SMARTS) is 1. The number of aliphatic carboxylic acids is 1. The first-order chi connectivity index (χ1) is 7.40. The Labute approximate surface area is 94.0 Å². The molecule has 0 saturated carbocycles. The summed E-state index contributed by atoms with van der Waals surface area (Å²) in [6, 6.07) is 0. The van der Waals surface area contributed by atoms with Crippen LogP contribution in [0, 0.1) is 5.41 Å². The van der Waals surface area contributed by atoms with Crippen molar-refractivity contribution in [2.24, 2.45) is 5.73 Å². The molecule has 0 heterocycles. The molecule has 0 amide bonds. The largest absolute Gasteiger partial charge is 0.480 e. The van der Waals surface area contributed by atoms with Gasteiger partial charge in [0.2, 0.25) is 0 Å². The Morgan fingerprint density at radius 2 is 2.25 bits per heavy atom. The molecule has 6 heteroatoms. The van der Waals surface area contributed by atoms with E-state index in [2.05, 4.69) is 5.32 Å². The van der Waals surface area contributed by atoms with Gasteiger partial charge in [-0.15, -0.1) is 0 Å². The highest BCUT2D eigenvalue weighted by molar-refractivity contribution is 5.77. The molecular weight excluding hydrogens is 213 g/mol. The van der Waals surface area contributed by atoms with Crippen molar-refractivity contribution in [1.82, 2.24) is 5.32 Å². The Kier molecular flexibility index (Phi) is 6.52. The molecule has 0 fully saturated rings. The zero-order valence-electron chi connectivity index (χ0n) is 9.29. The molecule has 0 spiro atoms. The maximum atomic E-state index is 13.1. The second kappa shape index (κ2) is 7.08. The summed E-state index contributed by atoms with van der Waals surface area (Å²) in [4.78, 5) is 10.6. The lowest BCUT2D eigenvalue weighted by Gasteiger charge is -2.17. The molecular formula is C10H18FN3O2. The Hall–Kier alpha value is -1.27. The van der Waals surface area contributed by atoms with Crippen LogP contribution >= 0.6 is 0 Å². The highest BCUT2D eigenvalue weighted by Gasteiger charge is 2.27. The van der Waals surface area contributed by atoms with Crippen LogP contribution in [0.5, 0.6) is 0 Å². The van der Waals surface area contributed by atoms with Crippen LogP contribution in [0.1, 0.15) is 19.8 Å². The van der Waals surface area contributed by atoms with Gasteiger partial charge < -0.3 is 21.6 Å². The van der Waals surface area contributed by atoms with Crippen LogP contribution in [0.25, 0.3) is 0 Å². The number of hydrogen-bond acceptors (Lipinski definition) is 4. The van der Waals surface area contributed by atoms with Crippen LogP contribution in [-0.2, 0) is 4.79 Å². The van der Waals surface area contributed by atoms with Gasteiger partial charge in [-0.2, -0.15) is 0 Å². The highest BCUT2D eigenvalue weighted by Crippen LogP contribution is 2.14. The monoisotopic (exact) mass is 231 g/mol. The van der Waals surface area contributed by atoms with Gasteiger partial charge in [0.15, 0.2) is 0 Å². The summed E-state index contributed by atoms with van der Waals surface area (Å²) in [5, 5.41) is 18.2. The third-order valence-corrected chi connectivity index (χ3v) is 2.09. The number of hydrogen-bond donors (Lipinski definition) is 4. The van der Waals surface area contributed by atoms with Gasteiger partial charge in [0, 0.05) is 25.7 Å². The molecule has 0 rings (SSSR count). The van der Waals surface area contributed by atoms with Gasteiger partial charge in [-0.1, -0.05) is 0 Å². The van der Waals surface area contributed by atoms with Crippen molar-refractivity contribution >= 4 is 12.2 Å². The fourth-order valence-electron chi connectivity index (χ4n) is 0.926. The molecule has 0 aliphatic carbocycles. The van der Waals surface area contributed by atoms with Gasteiger partial charge in [0.25, 0.3) is 0 Å². The predicted octanol–water partition coefficient (Wildman–Crippen LogP) is 0.661. The van der Waals surface area contributed by atoms with Crippen molar-refractivity contribution in [2.45, 2.75) is 25.3 Å². The maximum absolute atomic E-state index is 13.1. The van der Waals surface area contributed by atoms with Gasteiger partial charge in [-0.05, 0) is 19.4 Å². The molecule has 0 saturated heterocycles. The minimum absolute atomic E-state index is 0.00553. The minimum atomic E-state index is -1.40. The van der Waals surface area contributed by atoms with E-state index in [1.807, 2.05) is 0 Å². The highest BCUT2D eigenvalue weighted by atomic mass is 19.1. The zero-order valence-corrected chi connectivity index (χ0v) is 9.29. The molecule has 0 radical (unpaired) electrons. The van der Waals surface area contributed by atoms with Gasteiger partial charge in [0.1, 0.15) is 5.54 Å². The number of allylic oxidation sites excluding steroid dienone is 1. The fourth-order valence-corrected chi connectivity index (χ4v) is 0.926. The van der Waals surface area contributed by atoms with Crippen molar-refractivity contribution in [3.05, 3.63) is 11.9 Å². The maximum Gasteiger partial charge on any atom is 0.323 e. The smallest absolute Gasteiger partial charge is 0.323 e. The molecule has 0 aromatic heterocycles. The van der Waals surface area contributed by atoms with E-state index in [9.17, 15) is 9.18 Å². The van der Waals surface area contributed by atoms with Crippen molar-refractivity contribution in [1.29, 1.82) is 5.41 Å². The average molecular weight is 231 g/mol. The van der Waals surface area contributed by atoms with E-state index in [0.29, 0.717) is 13.1 Å². The summed E-state index contributed by atoms with van der Waals surface area (Å²) >= 11 is 0. The molecule has 0 aromatic rings. The van der Waals surface area contributed by atoms with E-state index in [4.69, 9.17) is 16.2 Å². The summed E-state index contributed by atoms with van der Waals surface area (Å²) in [6.45, 7) is 2.05. The summed E-state index contributed by atoms with van der Waals surface area (Å²) < 4.78 is 13.1. The standard InChI is InChI=1S/C10H18FN3O2/c1-10(13,9(15)16)4-2-8(11)3-6-14-7-5-12/h3,5,12,14H,2,4,6-7,13H2,1H3,(H,15,16)/b8-3+,12-5?/t10-/m1/s1. The first kappa shape index (κ1) is 14.7. The lowest BCUT2D eigenvalue weighted by atomic mass is 9.97. The van der Waals surface area contributed by atoms with Crippen LogP contribution in [0.15, 0.2) is 11.9 Å². The second-order valence-corrected chi connectivity index (χ2v) is 3.74. The van der Waals surface area contributed by atoms with Gasteiger partial charge in [-0.3, -0.25) is 4.79 Å². The number of nitrogens with two attached hydrogens (primary N) is 1. The van der Waals surface area contributed by atoms with Crippen LogP contribution in [0.3, 0.4) is 0 Å². The van der Waals surface area contributed by atoms with Gasteiger partial charge in [0.05, 0.1) is 5.83 Å². The quantitative estimate of drug-likeness (QED) is 0.364. The van der Waals surface area contributed by atoms with Crippen molar-refractivity contribution in [2.75, 3.05) is 13.1 Å². The van der Waals surface area contributed by atoms with E-state index in [0.717, 1.165) is 0 Å². The van der Waals surface area contributed by atoms with E-state index >= 15 is 0 Å². The lowest BCUT2D eigenvalue weighted by molar-refractivity contribution is -0.142. The molecule has 92 valence electrons. The van der Waals surface area contributed by atoms with Crippen LogP contribution in [0.2, 0.25) is 0 Å². The summed E-state index contributed by atoms with van der Waals surface area (Å²) in [5.41, 5.74) is 4.05. The van der Waals surface area contributed by atoms with Crippen LogP contribution in [0.4, 0.5) is 4.39 Å². The average Bonchev–Trinajstić information content (AvgIpc) is 2.21. The number of carboxylic acids is 1.